The van der Waals surface area contributed by atoms with E-state index in [4.69, 9.17) is 4.74 Å². The molecule has 0 spiro atoms. The van der Waals surface area contributed by atoms with Gasteiger partial charge in [-0.2, -0.15) is 0 Å². The van der Waals surface area contributed by atoms with Crippen molar-refractivity contribution in [1.29, 1.82) is 0 Å². The zero-order chi connectivity index (χ0) is 13.4. The standard InChI is InChI=1S/C16H15BrO2/c1-10-8-11(9-19-10)16(18)14-6-7-15(17)13-5-3-2-4-12(13)14/h2-7,10-11H,8-9H2,1H3. The number of hydrogen-bond acceptors (Lipinski definition) is 2. The molecule has 2 aromatic carbocycles. The summed E-state index contributed by atoms with van der Waals surface area (Å²) in [7, 11) is 0. The summed E-state index contributed by atoms with van der Waals surface area (Å²) in [6.07, 6.45) is 1.01. The molecule has 0 saturated carbocycles. The number of Topliss-reactive ketones (excluding diaryl/α,β-unsaturated/α-hetero) is 1. The van der Waals surface area contributed by atoms with Gasteiger partial charge in [0.25, 0.3) is 0 Å². The molecule has 1 heterocycles. The van der Waals surface area contributed by atoms with E-state index in [2.05, 4.69) is 15.9 Å². The maximum absolute atomic E-state index is 12.6. The molecule has 2 nitrogen and oxygen atoms in total. The predicted molar refractivity (Wildman–Crippen MR) is 79.5 cm³/mol. The molecule has 2 aromatic rings. The van der Waals surface area contributed by atoms with Crippen LogP contribution in [-0.2, 0) is 4.74 Å². The van der Waals surface area contributed by atoms with Gasteiger partial charge in [0.1, 0.15) is 0 Å². The van der Waals surface area contributed by atoms with Crippen molar-refractivity contribution in [2.75, 3.05) is 6.61 Å². The first-order valence-electron chi connectivity index (χ1n) is 6.50. The summed E-state index contributed by atoms with van der Waals surface area (Å²) >= 11 is 3.54. The fraction of sp³-hybridized carbons (Fsp3) is 0.312. The van der Waals surface area contributed by atoms with Crippen molar-refractivity contribution in [3.63, 3.8) is 0 Å². The van der Waals surface area contributed by atoms with Crippen LogP contribution >= 0.6 is 15.9 Å². The number of carbonyl (C=O) groups excluding carboxylic acids is 1. The van der Waals surface area contributed by atoms with Crippen LogP contribution in [0.3, 0.4) is 0 Å². The van der Waals surface area contributed by atoms with E-state index in [-0.39, 0.29) is 17.8 Å². The molecule has 0 bridgehead atoms. The maximum atomic E-state index is 12.6. The first-order chi connectivity index (χ1) is 9.16. The second-order valence-corrected chi connectivity index (χ2v) is 5.94. The van der Waals surface area contributed by atoms with Crippen LogP contribution in [0.1, 0.15) is 23.7 Å². The summed E-state index contributed by atoms with van der Waals surface area (Å²) in [4.78, 5) is 12.6. The van der Waals surface area contributed by atoms with Gasteiger partial charge in [-0.3, -0.25) is 4.79 Å². The van der Waals surface area contributed by atoms with E-state index in [0.717, 1.165) is 27.2 Å². The van der Waals surface area contributed by atoms with Crippen LogP contribution in [0.25, 0.3) is 10.8 Å². The summed E-state index contributed by atoms with van der Waals surface area (Å²) < 4.78 is 6.54. The highest BCUT2D eigenvalue weighted by atomic mass is 79.9. The lowest BCUT2D eigenvalue weighted by molar-refractivity contribution is 0.0879. The molecule has 19 heavy (non-hydrogen) atoms. The van der Waals surface area contributed by atoms with E-state index < -0.39 is 0 Å². The Morgan fingerprint density at radius 1 is 1.21 bits per heavy atom. The van der Waals surface area contributed by atoms with Crippen LogP contribution in [0.4, 0.5) is 0 Å². The lowest BCUT2D eigenvalue weighted by atomic mass is 9.92. The molecule has 1 saturated heterocycles. The Kier molecular flexibility index (Phi) is 3.42. The molecule has 98 valence electrons. The third-order valence-corrected chi connectivity index (χ3v) is 4.40. The minimum atomic E-state index is -0.000387. The van der Waals surface area contributed by atoms with Gasteiger partial charge in [-0.1, -0.05) is 40.2 Å². The van der Waals surface area contributed by atoms with Crippen molar-refractivity contribution >= 4 is 32.5 Å². The van der Waals surface area contributed by atoms with Crippen LogP contribution in [0.2, 0.25) is 0 Å². The van der Waals surface area contributed by atoms with E-state index in [9.17, 15) is 4.79 Å². The lowest BCUT2D eigenvalue weighted by Gasteiger charge is -2.11. The maximum Gasteiger partial charge on any atom is 0.168 e. The SMILES string of the molecule is CC1CC(C(=O)c2ccc(Br)c3ccccc23)CO1. The second-order valence-electron chi connectivity index (χ2n) is 5.08. The Labute approximate surface area is 120 Å². The average molecular weight is 319 g/mol. The van der Waals surface area contributed by atoms with Crippen molar-refractivity contribution in [2.45, 2.75) is 19.4 Å². The zero-order valence-corrected chi connectivity index (χ0v) is 12.3. The molecular weight excluding hydrogens is 304 g/mol. The van der Waals surface area contributed by atoms with Gasteiger partial charge in [0.05, 0.1) is 12.7 Å². The molecular formula is C16H15BrO2. The minimum Gasteiger partial charge on any atom is -0.378 e. The zero-order valence-electron chi connectivity index (χ0n) is 10.7. The Hall–Kier alpha value is -1.19. The number of ketones is 1. The molecule has 0 amide bonds. The molecule has 1 aliphatic rings. The van der Waals surface area contributed by atoms with E-state index in [1.807, 2.05) is 43.3 Å². The van der Waals surface area contributed by atoms with Gasteiger partial charge in [-0.25, -0.2) is 0 Å². The highest BCUT2D eigenvalue weighted by molar-refractivity contribution is 9.10. The molecule has 1 aliphatic heterocycles. The Balaban J connectivity index is 2.06. The molecule has 2 atom stereocenters. The summed E-state index contributed by atoms with van der Waals surface area (Å²) in [6.45, 7) is 2.57. The molecule has 0 aromatic heterocycles. The second kappa shape index (κ2) is 5.06. The quantitative estimate of drug-likeness (QED) is 0.775. The fourth-order valence-electron chi connectivity index (χ4n) is 2.70. The summed E-state index contributed by atoms with van der Waals surface area (Å²) in [5.74, 6) is 0.202. The summed E-state index contributed by atoms with van der Waals surface area (Å²) in [5.41, 5.74) is 0.807. The Bertz CT molecular complexity index is 636. The van der Waals surface area contributed by atoms with Crippen molar-refractivity contribution in [3.8, 4) is 0 Å². The predicted octanol–water partition coefficient (Wildman–Crippen LogP) is 4.21. The molecule has 0 N–H and O–H groups in total. The monoisotopic (exact) mass is 318 g/mol. The third kappa shape index (κ3) is 2.33. The van der Waals surface area contributed by atoms with E-state index in [0.29, 0.717) is 6.61 Å². The normalized spacial score (nSPS) is 22.8. The van der Waals surface area contributed by atoms with Crippen LogP contribution in [0.15, 0.2) is 40.9 Å². The topological polar surface area (TPSA) is 26.3 Å². The third-order valence-electron chi connectivity index (χ3n) is 3.71. The van der Waals surface area contributed by atoms with E-state index in [1.54, 1.807) is 0 Å². The van der Waals surface area contributed by atoms with Crippen LogP contribution < -0.4 is 0 Å². The summed E-state index contributed by atoms with van der Waals surface area (Å²) in [5, 5.41) is 2.10. The number of fused-ring (bicyclic) bond motifs is 1. The summed E-state index contributed by atoms with van der Waals surface area (Å²) in [6, 6.07) is 11.9. The van der Waals surface area contributed by atoms with Gasteiger partial charge in [0, 0.05) is 16.0 Å². The highest BCUT2D eigenvalue weighted by Gasteiger charge is 2.29. The molecule has 3 rings (SSSR count). The van der Waals surface area contributed by atoms with Gasteiger partial charge < -0.3 is 4.74 Å². The minimum absolute atomic E-state index is 0.000387. The smallest absolute Gasteiger partial charge is 0.168 e. The largest absolute Gasteiger partial charge is 0.378 e. The molecule has 2 unspecified atom stereocenters. The molecule has 0 aliphatic carbocycles. The number of rotatable bonds is 2. The average Bonchev–Trinajstić information content (AvgIpc) is 2.86. The number of carbonyl (C=O) groups is 1. The number of ether oxygens (including phenoxy) is 1. The number of halogens is 1. The van der Waals surface area contributed by atoms with Crippen LogP contribution in [0, 0.1) is 5.92 Å². The van der Waals surface area contributed by atoms with Crippen molar-refractivity contribution in [1.82, 2.24) is 0 Å². The van der Waals surface area contributed by atoms with E-state index >= 15 is 0 Å². The van der Waals surface area contributed by atoms with Gasteiger partial charge in [0.2, 0.25) is 0 Å². The van der Waals surface area contributed by atoms with Crippen LogP contribution in [0.5, 0.6) is 0 Å². The Morgan fingerprint density at radius 2 is 1.95 bits per heavy atom. The van der Waals surface area contributed by atoms with E-state index in [1.165, 1.54) is 0 Å². The van der Waals surface area contributed by atoms with Crippen molar-refractivity contribution in [2.24, 2.45) is 5.92 Å². The first-order valence-corrected chi connectivity index (χ1v) is 7.29. The van der Waals surface area contributed by atoms with Crippen LogP contribution in [-0.4, -0.2) is 18.5 Å². The van der Waals surface area contributed by atoms with Gasteiger partial charge in [-0.15, -0.1) is 0 Å². The number of benzene rings is 2. The molecule has 1 fully saturated rings. The van der Waals surface area contributed by atoms with Crippen molar-refractivity contribution in [3.05, 3.63) is 46.4 Å². The van der Waals surface area contributed by atoms with Gasteiger partial charge in [0.15, 0.2) is 5.78 Å². The lowest BCUT2D eigenvalue weighted by Crippen LogP contribution is -2.15. The fourth-order valence-corrected chi connectivity index (χ4v) is 3.17. The van der Waals surface area contributed by atoms with Gasteiger partial charge in [-0.05, 0) is 36.2 Å². The number of hydrogen-bond donors (Lipinski definition) is 0. The molecule has 3 heteroatoms. The highest BCUT2D eigenvalue weighted by Crippen LogP contribution is 2.30. The van der Waals surface area contributed by atoms with Crippen molar-refractivity contribution < 1.29 is 9.53 Å². The Morgan fingerprint density at radius 3 is 2.63 bits per heavy atom. The first kappa shape index (κ1) is 12.8. The molecule has 0 radical (unpaired) electrons. The van der Waals surface area contributed by atoms with Gasteiger partial charge >= 0.3 is 0 Å².